The minimum absolute atomic E-state index is 0.117. The van der Waals surface area contributed by atoms with Crippen molar-refractivity contribution in [2.24, 2.45) is 0 Å². The van der Waals surface area contributed by atoms with Crippen molar-refractivity contribution < 1.29 is 4.42 Å². The number of oxazole rings is 1. The lowest BCUT2D eigenvalue weighted by Gasteiger charge is -2.28. The van der Waals surface area contributed by atoms with Gasteiger partial charge in [-0.1, -0.05) is 74.0 Å². The molecule has 0 bridgehead atoms. The molecule has 5 aromatic rings. The zero-order chi connectivity index (χ0) is 22.6. The Kier molecular flexibility index (Phi) is 5.85. The van der Waals surface area contributed by atoms with E-state index in [0.29, 0.717) is 11.8 Å². The van der Waals surface area contributed by atoms with Gasteiger partial charge >= 0.3 is 0 Å². The van der Waals surface area contributed by atoms with E-state index in [1.165, 1.54) is 5.56 Å². The molecule has 0 aliphatic rings. The Morgan fingerprint density at radius 3 is 2.42 bits per heavy atom. The van der Waals surface area contributed by atoms with Gasteiger partial charge in [-0.3, -0.25) is 0 Å². The van der Waals surface area contributed by atoms with Crippen LogP contribution < -0.4 is 4.90 Å². The highest BCUT2D eigenvalue weighted by Crippen LogP contribution is 2.33. The minimum atomic E-state index is 0.117. The fraction of sp³-hybridized carbons (Fsp3) is 0.231. The first-order valence-electron chi connectivity index (χ1n) is 11.3. The van der Waals surface area contributed by atoms with Crippen molar-refractivity contribution in [1.82, 2.24) is 25.6 Å². The lowest BCUT2D eigenvalue weighted by atomic mass is 9.97. The van der Waals surface area contributed by atoms with E-state index in [2.05, 4.69) is 69.7 Å². The van der Waals surface area contributed by atoms with E-state index < -0.39 is 0 Å². The highest BCUT2D eigenvalue weighted by Gasteiger charge is 2.21. The van der Waals surface area contributed by atoms with E-state index in [0.717, 1.165) is 47.2 Å². The van der Waals surface area contributed by atoms with E-state index in [4.69, 9.17) is 9.40 Å². The molecule has 1 N–H and O–H groups in total. The van der Waals surface area contributed by atoms with Crippen LogP contribution in [-0.2, 0) is 0 Å². The van der Waals surface area contributed by atoms with Gasteiger partial charge in [-0.05, 0) is 47.4 Å². The number of nitrogens with one attached hydrogen (secondary N) is 1. The third-order valence-corrected chi connectivity index (χ3v) is 5.97. The zero-order valence-electron chi connectivity index (χ0n) is 18.8. The number of benzene rings is 3. The Hall–Kier alpha value is -4.00. The monoisotopic (exact) mass is 438 g/mol. The van der Waals surface area contributed by atoms with Crippen LogP contribution in [-0.4, -0.2) is 32.2 Å². The molecule has 0 saturated carbocycles. The first kappa shape index (κ1) is 20.9. The van der Waals surface area contributed by atoms with Gasteiger partial charge in [0.25, 0.3) is 6.01 Å². The van der Waals surface area contributed by atoms with Gasteiger partial charge in [0.05, 0.1) is 6.04 Å². The van der Waals surface area contributed by atoms with Crippen molar-refractivity contribution in [2.75, 3.05) is 11.4 Å². The number of para-hydroxylation sites is 2. The molecule has 0 aliphatic carbocycles. The summed E-state index contributed by atoms with van der Waals surface area (Å²) in [6.07, 6.45) is 2.18. The van der Waals surface area contributed by atoms with Crippen molar-refractivity contribution >= 4 is 17.1 Å². The van der Waals surface area contributed by atoms with Crippen molar-refractivity contribution in [3.63, 3.8) is 0 Å². The number of aromatic amines is 1. The number of nitrogens with zero attached hydrogens (tertiary/aromatic N) is 5. The molecule has 0 spiro atoms. The first-order chi connectivity index (χ1) is 16.2. The molecule has 0 saturated heterocycles. The van der Waals surface area contributed by atoms with Gasteiger partial charge in [-0.25, -0.2) is 0 Å². The summed E-state index contributed by atoms with van der Waals surface area (Å²) in [4.78, 5) is 7.01. The van der Waals surface area contributed by atoms with Gasteiger partial charge in [-0.2, -0.15) is 10.2 Å². The highest BCUT2D eigenvalue weighted by molar-refractivity contribution is 5.80. The van der Waals surface area contributed by atoms with Crippen molar-refractivity contribution in [3.8, 4) is 22.5 Å². The summed E-state index contributed by atoms with van der Waals surface area (Å²) >= 11 is 0. The minimum Gasteiger partial charge on any atom is -0.423 e. The lowest BCUT2D eigenvalue weighted by molar-refractivity contribution is 0.524. The third kappa shape index (κ3) is 4.22. The molecule has 0 unspecified atom stereocenters. The maximum Gasteiger partial charge on any atom is 0.298 e. The summed E-state index contributed by atoms with van der Waals surface area (Å²) in [6.45, 7) is 5.28. The standard InChI is InChI=1S/C26H26N6O/c1-3-4-17-32(26-27-23-11-7-8-12-24(23)33-26)18(2)19-13-15-20(16-14-19)21-9-5-6-10-22(21)25-28-30-31-29-25/h5-16,18H,3-4,17H2,1-2H3,(H,28,29,30,31)/t18-/m1/s1. The van der Waals surface area contributed by atoms with Crippen LogP contribution in [0.5, 0.6) is 0 Å². The molecule has 0 radical (unpaired) electrons. The van der Waals surface area contributed by atoms with Crippen molar-refractivity contribution in [3.05, 3.63) is 78.4 Å². The van der Waals surface area contributed by atoms with E-state index in [-0.39, 0.29) is 6.04 Å². The van der Waals surface area contributed by atoms with Crippen LogP contribution in [0.3, 0.4) is 0 Å². The Labute approximate surface area is 192 Å². The smallest absolute Gasteiger partial charge is 0.298 e. The van der Waals surface area contributed by atoms with Gasteiger partial charge in [0.2, 0.25) is 5.82 Å². The van der Waals surface area contributed by atoms with Crippen LogP contribution in [0.2, 0.25) is 0 Å². The summed E-state index contributed by atoms with van der Waals surface area (Å²) in [5.41, 5.74) is 6.02. The Bertz CT molecular complexity index is 1290. The summed E-state index contributed by atoms with van der Waals surface area (Å²) in [7, 11) is 0. The normalized spacial score (nSPS) is 12.2. The van der Waals surface area contributed by atoms with Crippen LogP contribution in [0.15, 0.2) is 77.2 Å². The van der Waals surface area contributed by atoms with Crippen LogP contribution in [0.25, 0.3) is 33.6 Å². The van der Waals surface area contributed by atoms with E-state index in [1.54, 1.807) is 0 Å². The lowest BCUT2D eigenvalue weighted by Crippen LogP contribution is -2.28. The topological polar surface area (TPSA) is 83.7 Å². The summed E-state index contributed by atoms with van der Waals surface area (Å²) in [6, 6.07) is 25.4. The van der Waals surface area contributed by atoms with Gasteiger partial charge in [0.1, 0.15) is 5.52 Å². The largest absolute Gasteiger partial charge is 0.423 e. The molecule has 166 valence electrons. The first-order valence-corrected chi connectivity index (χ1v) is 11.3. The molecule has 1 atom stereocenters. The second-order valence-electron chi connectivity index (χ2n) is 8.09. The average Bonchev–Trinajstić information content (AvgIpc) is 3.54. The number of hydrogen-bond acceptors (Lipinski definition) is 6. The quantitative estimate of drug-likeness (QED) is 0.318. The van der Waals surface area contributed by atoms with Gasteiger partial charge in [0.15, 0.2) is 5.58 Å². The van der Waals surface area contributed by atoms with Crippen LogP contribution in [0.4, 0.5) is 6.01 Å². The van der Waals surface area contributed by atoms with Crippen LogP contribution >= 0.6 is 0 Å². The number of rotatable bonds is 8. The number of fused-ring (bicyclic) bond motifs is 1. The number of hydrogen-bond donors (Lipinski definition) is 1. The van der Waals surface area contributed by atoms with Gasteiger partial charge in [-0.15, -0.1) is 10.2 Å². The Balaban J connectivity index is 1.45. The molecule has 2 aromatic heterocycles. The maximum atomic E-state index is 6.11. The van der Waals surface area contributed by atoms with E-state index >= 15 is 0 Å². The summed E-state index contributed by atoms with van der Waals surface area (Å²) in [5.74, 6) is 0.588. The Morgan fingerprint density at radius 1 is 0.939 bits per heavy atom. The predicted octanol–water partition coefficient (Wildman–Crippen LogP) is 6.04. The summed E-state index contributed by atoms with van der Waals surface area (Å²) in [5, 5.41) is 14.5. The highest BCUT2D eigenvalue weighted by atomic mass is 16.4. The third-order valence-electron chi connectivity index (χ3n) is 5.97. The van der Waals surface area contributed by atoms with Crippen LogP contribution in [0, 0.1) is 0 Å². The second-order valence-corrected chi connectivity index (χ2v) is 8.09. The molecule has 2 heterocycles. The maximum absolute atomic E-state index is 6.11. The summed E-state index contributed by atoms with van der Waals surface area (Å²) < 4.78 is 6.11. The van der Waals surface area contributed by atoms with Crippen molar-refractivity contribution in [2.45, 2.75) is 32.7 Å². The van der Waals surface area contributed by atoms with E-state index in [1.807, 2.05) is 42.5 Å². The second kappa shape index (κ2) is 9.24. The molecule has 5 rings (SSSR count). The molecule has 0 aliphatic heterocycles. The molecule has 7 nitrogen and oxygen atoms in total. The molecular weight excluding hydrogens is 412 g/mol. The number of aromatic nitrogens is 5. The number of anilines is 1. The number of H-pyrrole nitrogens is 1. The molecular formula is C26H26N6O. The number of tetrazole rings is 1. The molecule has 0 amide bonds. The fourth-order valence-electron chi connectivity index (χ4n) is 4.09. The van der Waals surface area contributed by atoms with Crippen molar-refractivity contribution in [1.29, 1.82) is 0 Å². The fourth-order valence-corrected chi connectivity index (χ4v) is 4.09. The number of unbranched alkanes of at least 4 members (excludes halogenated alkanes) is 1. The SMILES string of the molecule is CCCCN(c1nc2ccccc2o1)[C@H](C)c1ccc(-c2ccccc2-c2nn[nH]n2)cc1. The molecule has 33 heavy (non-hydrogen) atoms. The van der Waals surface area contributed by atoms with Gasteiger partial charge < -0.3 is 9.32 Å². The molecule has 0 fully saturated rings. The average molecular weight is 439 g/mol. The molecule has 3 aromatic carbocycles. The van der Waals surface area contributed by atoms with E-state index in [9.17, 15) is 0 Å². The predicted molar refractivity (Wildman–Crippen MR) is 130 cm³/mol. The zero-order valence-corrected chi connectivity index (χ0v) is 18.8. The van der Waals surface area contributed by atoms with Gasteiger partial charge in [0, 0.05) is 12.1 Å². The molecule has 7 heteroatoms. The Morgan fingerprint density at radius 2 is 1.70 bits per heavy atom. The van der Waals surface area contributed by atoms with Crippen LogP contribution in [0.1, 0.15) is 38.3 Å².